The highest BCUT2D eigenvalue weighted by Crippen LogP contribution is 2.38. The number of nitrogens with one attached hydrogen (secondary N) is 1. The number of halogens is 2. The second-order valence-corrected chi connectivity index (χ2v) is 7.64. The van der Waals surface area contributed by atoms with Gasteiger partial charge in [-0.15, -0.1) is 17.9 Å². The summed E-state index contributed by atoms with van der Waals surface area (Å²) in [4.78, 5) is 24.4. The minimum Gasteiger partial charge on any atom is -0.478 e. The number of benzene rings is 1. The van der Waals surface area contributed by atoms with Gasteiger partial charge in [0.25, 0.3) is 5.91 Å². The summed E-state index contributed by atoms with van der Waals surface area (Å²) < 4.78 is 0. The van der Waals surface area contributed by atoms with E-state index in [2.05, 4.69) is 11.9 Å². The minimum absolute atomic E-state index is 0.0296. The molecule has 3 aromatic rings. The standard InChI is InChI=1S/C16H9Cl2NO3S2.C3H6.2C2H6/c17-10-2-1-8(5-11(10)18)14-13(16(21)22)12(7-24-14)19-15(20)9-3-4-23-6-9;1-3-2;2*1-2/h1-7H,(H,19,20)(H,21,22);3H,1H2,2H3;2*1-2H3. The fourth-order valence-corrected chi connectivity index (χ4v) is 4.02. The number of rotatable bonds is 4. The zero-order chi connectivity index (χ0) is 24.0. The van der Waals surface area contributed by atoms with E-state index in [1.165, 1.54) is 22.7 Å². The van der Waals surface area contributed by atoms with Crippen molar-refractivity contribution < 1.29 is 14.7 Å². The molecule has 0 aliphatic heterocycles. The molecule has 168 valence electrons. The third-order valence-corrected chi connectivity index (χ3v) is 5.67. The van der Waals surface area contributed by atoms with Gasteiger partial charge in [0.1, 0.15) is 5.56 Å². The maximum absolute atomic E-state index is 12.2. The molecule has 0 saturated carbocycles. The summed E-state index contributed by atoms with van der Waals surface area (Å²) in [5.74, 6) is -1.48. The van der Waals surface area contributed by atoms with Crippen molar-refractivity contribution in [1.82, 2.24) is 0 Å². The Hall–Kier alpha value is -2.12. The lowest BCUT2D eigenvalue weighted by molar-refractivity contribution is 0.0699. The predicted octanol–water partition coefficient (Wildman–Crippen LogP) is 8.98. The molecule has 8 heteroatoms. The number of amides is 1. The van der Waals surface area contributed by atoms with Gasteiger partial charge in [-0.1, -0.05) is 63.0 Å². The molecule has 2 N–H and O–H groups in total. The third-order valence-electron chi connectivity index (χ3n) is 3.22. The summed E-state index contributed by atoms with van der Waals surface area (Å²) in [6, 6.07) is 6.57. The van der Waals surface area contributed by atoms with Crippen LogP contribution in [0.25, 0.3) is 10.4 Å². The van der Waals surface area contributed by atoms with Crippen LogP contribution in [0.3, 0.4) is 0 Å². The van der Waals surface area contributed by atoms with Gasteiger partial charge in [-0.3, -0.25) is 4.79 Å². The van der Waals surface area contributed by atoms with Gasteiger partial charge in [-0.05, 0) is 36.1 Å². The molecule has 0 atom stereocenters. The molecule has 0 unspecified atom stereocenters. The molecule has 0 spiro atoms. The average Bonchev–Trinajstić information content (AvgIpc) is 3.44. The van der Waals surface area contributed by atoms with Crippen molar-refractivity contribution in [2.75, 3.05) is 5.32 Å². The molecule has 1 amide bonds. The zero-order valence-corrected chi connectivity index (χ0v) is 21.3. The van der Waals surface area contributed by atoms with E-state index in [1.807, 2.05) is 34.6 Å². The van der Waals surface area contributed by atoms with Crippen LogP contribution in [-0.2, 0) is 0 Å². The summed E-state index contributed by atoms with van der Waals surface area (Å²) in [7, 11) is 0. The Bertz CT molecular complexity index is 967. The van der Waals surface area contributed by atoms with E-state index in [4.69, 9.17) is 23.2 Å². The van der Waals surface area contributed by atoms with Crippen LogP contribution in [0.2, 0.25) is 10.0 Å². The highest BCUT2D eigenvalue weighted by atomic mass is 35.5. The number of carbonyl (C=O) groups excluding carboxylic acids is 1. The van der Waals surface area contributed by atoms with Crippen molar-refractivity contribution in [3.63, 3.8) is 0 Å². The fraction of sp³-hybridized carbons (Fsp3) is 0.217. The van der Waals surface area contributed by atoms with E-state index in [0.29, 0.717) is 26.0 Å². The number of carboxylic acid groups (broad SMARTS) is 1. The summed E-state index contributed by atoms with van der Waals surface area (Å²) in [5.41, 5.74) is 1.40. The van der Waals surface area contributed by atoms with Crippen LogP contribution < -0.4 is 5.32 Å². The number of anilines is 1. The van der Waals surface area contributed by atoms with Gasteiger partial charge in [0, 0.05) is 10.8 Å². The molecular formula is C23H27Cl2NO3S2. The van der Waals surface area contributed by atoms with Gasteiger partial charge in [-0.25, -0.2) is 4.79 Å². The molecule has 4 nitrogen and oxygen atoms in total. The van der Waals surface area contributed by atoms with Crippen molar-refractivity contribution in [3.05, 3.63) is 74.2 Å². The first kappa shape index (κ1) is 28.9. The lowest BCUT2D eigenvalue weighted by Crippen LogP contribution is -2.13. The lowest BCUT2D eigenvalue weighted by Gasteiger charge is -2.06. The van der Waals surface area contributed by atoms with E-state index in [-0.39, 0.29) is 17.2 Å². The van der Waals surface area contributed by atoms with Crippen molar-refractivity contribution in [1.29, 1.82) is 0 Å². The van der Waals surface area contributed by atoms with Crippen LogP contribution in [0.1, 0.15) is 55.3 Å². The largest absolute Gasteiger partial charge is 0.478 e. The number of carboxylic acids is 1. The average molecular weight is 501 g/mol. The smallest absolute Gasteiger partial charge is 0.339 e. The Kier molecular flexibility index (Phi) is 14.6. The van der Waals surface area contributed by atoms with Gasteiger partial charge < -0.3 is 10.4 Å². The molecule has 31 heavy (non-hydrogen) atoms. The van der Waals surface area contributed by atoms with Gasteiger partial charge in [0.05, 0.1) is 26.2 Å². The summed E-state index contributed by atoms with van der Waals surface area (Å²) in [6.45, 7) is 13.2. The van der Waals surface area contributed by atoms with Gasteiger partial charge in [-0.2, -0.15) is 11.3 Å². The molecule has 0 aliphatic carbocycles. The summed E-state index contributed by atoms with van der Waals surface area (Å²) in [5, 5.41) is 18.0. The lowest BCUT2D eigenvalue weighted by atomic mass is 10.1. The van der Waals surface area contributed by atoms with E-state index in [9.17, 15) is 14.7 Å². The molecule has 1 aromatic carbocycles. The Balaban J connectivity index is 0.00000116. The van der Waals surface area contributed by atoms with E-state index in [0.717, 1.165) is 0 Å². The zero-order valence-electron chi connectivity index (χ0n) is 18.2. The van der Waals surface area contributed by atoms with Gasteiger partial charge >= 0.3 is 5.97 Å². The molecular weight excluding hydrogens is 473 g/mol. The summed E-state index contributed by atoms with van der Waals surface area (Å²) >= 11 is 14.5. The molecule has 3 rings (SSSR count). The number of allylic oxidation sites excluding steroid dienone is 1. The van der Waals surface area contributed by atoms with Crippen LogP contribution in [0, 0.1) is 0 Å². The Morgan fingerprint density at radius 3 is 2.16 bits per heavy atom. The molecule has 0 saturated heterocycles. The maximum Gasteiger partial charge on any atom is 0.339 e. The van der Waals surface area contributed by atoms with Crippen LogP contribution in [0.15, 0.2) is 53.1 Å². The first-order valence-corrected chi connectivity index (χ1v) is 12.2. The number of hydrogen-bond donors (Lipinski definition) is 2. The monoisotopic (exact) mass is 499 g/mol. The predicted molar refractivity (Wildman–Crippen MR) is 138 cm³/mol. The van der Waals surface area contributed by atoms with Crippen molar-refractivity contribution in [3.8, 4) is 10.4 Å². The number of carbonyl (C=O) groups is 2. The maximum atomic E-state index is 12.2. The Labute approximate surface area is 202 Å². The van der Waals surface area contributed by atoms with Crippen LogP contribution >= 0.6 is 45.9 Å². The van der Waals surface area contributed by atoms with Crippen LogP contribution in [-0.4, -0.2) is 17.0 Å². The SMILES string of the molecule is C=CC.CC.CC.O=C(Nc1csc(-c2ccc(Cl)c(Cl)c2)c1C(=O)O)c1ccsc1. The Morgan fingerprint density at radius 2 is 1.68 bits per heavy atom. The second kappa shape index (κ2) is 15.6. The van der Waals surface area contributed by atoms with E-state index in [1.54, 1.807) is 46.5 Å². The number of hydrogen-bond acceptors (Lipinski definition) is 4. The van der Waals surface area contributed by atoms with Crippen molar-refractivity contribution in [2.24, 2.45) is 0 Å². The van der Waals surface area contributed by atoms with Crippen molar-refractivity contribution >= 4 is 63.4 Å². The number of aromatic carboxylic acids is 1. The van der Waals surface area contributed by atoms with E-state index < -0.39 is 5.97 Å². The molecule has 0 fully saturated rings. The van der Waals surface area contributed by atoms with Crippen LogP contribution in [0.4, 0.5) is 5.69 Å². The summed E-state index contributed by atoms with van der Waals surface area (Å²) in [6.07, 6.45) is 1.75. The highest BCUT2D eigenvalue weighted by Gasteiger charge is 2.22. The fourth-order valence-electron chi connectivity index (χ4n) is 2.10. The third kappa shape index (κ3) is 8.50. The first-order valence-electron chi connectivity index (χ1n) is 9.59. The topological polar surface area (TPSA) is 66.4 Å². The van der Waals surface area contributed by atoms with Gasteiger partial charge in [0.2, 0.25) is 0 Å². The molecule has 0 radical (unpaired) electrons. The molecule has 2 heterocycles. The quantitative estimate of drug-likeness (QED) is 0.351. The highest BCUT2D eigenvalue weighted by molar-refractivity contribution is 7.14. The Morgan fingerprint density at radius 1 is 1.06 bits per heavy atom. The molecule has 0 aliphatic rings. The van der Waals surface area contributed by atoms with Crippen molar-refractivity contribution in [2.45, 2.75) is 34.6 Å². The second-order valence-electron chi connectivity index (χ2n) is 5.16. The first-order chi connectivity index (χ1) is 14.9. The van der Waals surface area contributed by atoms with Gasteiger partial charge in [0.15, 0.2) is 0 Å². The van der Waals surface area contributed by atoms with Crippen LogP contribution in [0.5, 0.6) is 0 Å². The minimum atomic E-state index is -1.13. The normalized spacial score (nSPS) is 9.00. The number of thiophene rings is 2. The molecule has 0 bridgehead atoms. The van der Waals surface area contributed by atoms with E-state index >= 15 is 0 Å². The molecule has 2 aromatic heterocycles.